The lowest BCUT2D eigenvalue weighted by atomic mass is 10.2. The molecule has 0 unspecified atom stereocenters. The highest BCUT2D eigenvalue weighted by Gasteiger charge is 2.39. The van der Waals surface area contributed by atoms with Gasteiger partial charge >= 0.3 is 20.9 Å². The Labute approximate surface area is 221 Å². The molecule has 1 amide bonds. The lowest BCUT2D eigenvalue weighted by Gasteiger charge is -2.28. The van der Waals surface area contributed by atoms with Gasteiger partial charge in [0.15, 0.2) is 11.6 Å². The largest absolute Gasteiger partial charge is 0.500 e. The first-order chi connectivity index (χ1) is 17.9. The molecule has 0 aromatic heterocycles. The summed E-state index contributed by atoms with van der Waals surface area (Å²) in [6.45, 7) is 8.44. The van der Waals surface area contributed by atoms with E-state index >= 15 is 0 Å². The van der Waals surface area contributed by atoms with Gasteiger partial charge in [0.1, 0.15) is 0 Å². The third kappa shape index (κ3) is 14.2. The van der Waals surface area contributed by atoms with Crippen LogP contribution in [-0.2, 0) is 27.5 Å². The maximum Gasteiger partial charge on any atom is 0.500 e. The van der Waals surface area contributed by atoms with Gasteiger partial charge in [-0.2, -0.15) is 0 Å². The summed E-state index contributed by atoms with van der Waals surface area (Å²) in [4.78, 5) is 23.1. The molecule has 0 aliphatic heterocycles. The Kier molecular flexibility index (Phi) is 17.3. The van der Waals surface area contributed by atoms with Crippen molar-refractivity contribution in [3.8, 4) is 5.75 Å². The van der Waals surface area contributed by atoms with Gasteiger partial charge in [-0.05, 0) is 76.6 Å². The van der Waals surface area contributed by atoms with E-state index in [1.807, 2.05) is 20.8 Å². The molecule has 1 aromatic rings. The second-order valence-electron chi connectivity index (χ2n) is 7.96. The third-order valence-electron chi connectivity index (χ3n) is 5.12. The normalized spacial score (nSPS) is 11.5. The molecule has 37 heavy (non-hydrogen) atoms. The summed E-state index contributed by atoms with van der Waals surface area (Å²) in [5.74, 6) is -0.814. The number of benzene rings is 1. The number of amides is 1. The molecule has 0 atom stereocenters. The number of rotatable bonds is 20. The van der Waals surface area contributed by atoms with Crippen molar-refractivity contribution in [1.29, 1.82) is 0 Å². The minimum atomic E-state index is -2.70. The van der Waals surface area contributed by atoms with Crippen molar-refractivity contribution in [3.63, 3.8) is 0 Å². The first-order valence-corrected chi connectivity index (χ1v) is 14.8. The van der Waals surface area contributed by atoms with E-state index in [0.29, 0.717) is 57.6 Å². The topological polar surface area (TPSA) is 102 Å². The molecule has 11 heteroatoms. The van der Waals surface area contributed by atoms with Gasteiger partial charge in [-0.15, -0.1) is 0 Å². The summed E-state index contributed by atoms with van der Waals surface area (Å²) >= 11 is 0. The molecule has 0 aliphatic rings. The number of hydrogen-bond acceptors (Lipinski definition) is 8. The lowest BCUT2D eigenvalue weighted by Crippen LogP contribution is -2.46. The van der Waals surface area contributed by atoms with Crippen LogP contribution in [0.1, 0.15) is 58.4 Å². The number of nitrogens with one attached hydrogen (secondary N) is 1. The Hall–Kier alpha value is -2.47. The Bertz CT molecular complexity index is 807. The highest BCUT2D eigenvalue weighted by atomic mass is 28.4. The second-order valence-corrected chi connectivity index (χ2v) is 10.7. The SMILES string of the molecule is CCO[Si](CCCNC(=O)OCCCCCCOc1cc(C=CC(=O)OC)ccc1F)(OCC)OCC. The number of carbonyl (C=O) groups excluding carboxylic acids is 2. The van der Waals surface area contributed by atoms with Crippen LogP contribution in [-0.4, -0.2) is 67.6 Å². The van der Waals surface area contributed by atoms with Crippen LogP contribution in [0.15, 0.2) is 24.3 Å². The fourth-order valence-corrected chi connectivity index (χ4v) is 6.03. The van der Waals surface area contributed by atoms with E-state index in [9.17, 15) is 14.0 Å². The molecule has 0 saturated heterocycles. The van der Waals surface area contributed by atoms with Crippen molar-refractivity contribution in [2.24, 2.45) is 0 Å². The third-order valence-corrected chi connectivity index (χ3v) is 8.27. The quantitative estimate of drug-likeness (QED) is 0.105. The number of carbonyl (C=O) groups is 2. The molecule has 210 valence electrons. The highest BCUT2D eigenvalue weighted by Crippen LogP contribution is 2.20. The number of esters is 1. The number of hydrogen-bond donors (Lipinski definition) is 1. The van der Waals surface area contributed by atoms with Gasteiger partial charge in [0, 0.05) is 38.5 Å². The van der Waals surface area contributed by atoms with Crippen molar-refractivity contribution < 1.29 is 41.5 Å². The summed E-state index contributed by atoms with van der Waals surface area (Å²) in [5.41, 5.74) is 0.636. The maximum atomic E-state index is 13.9. The number of methoxy groups -OCH3 is 1. The molecular formula is C26H42FNO8Si. The molecule has 1 aromatic carbocycles. The van der Waals surface area contributed by atoms with Gasteiger partial charge in [0.05, 0.1) is 20.3 Å². The minimum absolute atomic E-state index is 0.135. The number of halogens is 1. The van der Waals surface area contributed by atoms with Crippen LogP contribution in [0, 0.1) is 5.82 Å². The molecule has 1 N–H and O–H groups in total. The Morgan fingerprint density at radius 2 is 1.59 bits per heavy atom. The van der Waals surface area contributed by atoms with Gasteiger partial charge < -0.3 is 32.8 Å². The van der Waals surface area contributed by atoms with Gasteiger partial charge in [-0.1, -0.05) is 6.07 Å². The standard InChI is InChI=1S/C26H42FNO8Si/c1-5-34-37(35-6-2,36-7-3)20-12-17-28-26(30)33-19-11-9-8-10-18-32-24-21-22(13-15-23(24)27)14-16-25(29)31-4/h13-16,21H,5-12,17-20H2,1-4H3,(H,28,30). The smallest absolute Gasteiger partial charge is 0.490 e. The Balaban J connectivity index is 2.17. The second kappa shape index (κ2) is 19.6. The van der Waals surface area contributed by atoms with Crippen LogP contribution < -0.4 is 10.1 Å². The Morgan fingerprint density at radius 3 is 2.22 bits per heavy atom. The van der Waals surface area contributed by atoms with Crippen LogP contribution in [0.3, 0.4) is 0 Å². The van der Waals surface area contributed by atoms with E-state index < -0.39 is 26.7 Å². The number of unbranched alkanes of at least 4 members (excludes halogenated alkanes) is 3. The molecule has 0 saturated carbocycles. The summed E-state index contributed by atoms with van der Waals surface area (Å²) in [7, 11) is -1.41. The molecule has 0 fully saturated rings. The van der Waals surface area contributed by atoms with E-state index in [4.69, 9.17) is 22.8 Å². The van der Waals surface area contributed by atoms with Crippen LogP contribution in [0.25, 0.3) is 6.08 Å². The van der Waals surface area contributed by atoms with E-state index in [-0.39, 0.29) is 5.75 Å². The van der Waals surface area contributed by atoms with Gasteiger partial charge in [-0.25, -0.2) is 14.0 Å². The van der Waals surface area contributed by atoms with Gasteiger partial charge in [0.25, 0.3) is 0 Å². The van der Waals surface area contributed by atoms with E-state index in [1.165, 1.54) is 31.4 Å². The summed E-state index contributed by atoms with van der Waals surface area (Å²) < 4.78 is 46.6. The minimum Gasteiger partial charge on any atom is -0.490 e. The highest BCUT2D eigenvalue weighted by molar-refractivity contribution is 6.60. The van der Waals surface area contributed by atoms with E-state index in [1.54, 1.807) is 6.07 Å². The first kappa shape index (κ1) is 32.6. The fraction of sp³-hybridized carbons (Fsp3) is 0.615. The van der Waals surface area contributed by atoms with Crippen molar-refractivity contribution in [2.75, 3.05) is 46.7 Å². The molecule has 0 heterocycles. The first-order valence-electron chi connectivity index (χ1n) is 12.9. The van der Waals surface area contributed by atoms with E-state index in [0.717, 1.165) is 25.7 Å². The van der Waals surface area contributed by atoms with Crippen LogP contribution in [0.2, 0.25) is 6.04 Å². The van der Waals surface area contributed by atoms with Gasteiger partial charge in [-0.3, -0.25) is 0 Å². The van der Waals surface area contributed by atoms with E-state index in [2.05, 4.69) is 10.1 Å². The monoisotopic (exact) mass is 543 g/mol. The zero-order valence-electron chi connectivity index (χ0n) is 22.5. The molecule has 1 rings (SSSR count). The zero-order chi connectivity index (χ0) is 27.4. The van der Waals surface area contributed by atoms with Crippen LogP contribution in [0.4, 0.5) is 9.18 Å². The van der Waals surface area contributed by atoms with Crippen molar-refractivity contribution in [1.82, 2.24) is 5.32 Å². The maximum absolute atomic E-state index is 13.9. The summed E-state index contributed by atoms with van der Waals surface area (Å²) in [5, 5.41) is 2.75. The summed E-state index contributed by atoms with van der Waals surface area (Å²) in [6.07, 6.45) is 6.19. The molecule has 9 nitrogen and oxygen atoms in total. The van der Waals surface area contributed by atoms with Crippen molar-refractivity contribution in [3.05, 3.63) is 35.7 Å². The van der Waals surface area contributed by atoms with Gasteiger partial charge in [0.2, 0.25) is 0 Å². The number of alkyl carbamates (subject to hydrolysis) is 1. The average Bonchev–Trinajstić information content (AvgIpc) is 2.88. The predicted molar refractivity (Wildman–Crippen MR) is 141 cm³/mol. The summed E-state index contributed by atoms with van der Waals surface area (Å²) in [6, 6.07) is 5.01. The predicted octanol–water partition coefficient (Wildman–Crippen LogP) is 5.12. The fourth-order valence-electron chi connectivity index (χ4n) is 3.42. The Morgan fingerprint density at radius 1 is 0.946 bits per heavy atom. The molecular weight excluding hydrogens is 501 g/mol. The molecule has 0 bridgehead atoms. The molecule has 0 aliphatic carbocycles. The van der Waals surface area contributed by atoms with Crippen LogP contribution in [0.5, 0.6) is 5.75 Å². The molecule has 0 radical (unpaired) electrons. The van der Waals surface area contributed by atoms with Crippen molar-refractivity contribution >= 4 is 26.9 Å². The molecule has 0 spiro atoms. The average molecular weight is 544 g/mol. The van der Waals surface area contributed by atoms with Crippen LogP contribution >= 0.6 is 0 Å². The number of ether oxygens (including phenoxy) is 3. The van der Waals surface area contributed by atoms with Crippen molar-refractivity contribution in [2.45, 2.75) is 58.9 Å². The zero-order valence-corrected chi connectivity index (χ0v) is 23.5. The lowest BCUT2D eigenvalue weighted by molar-refractivity contribution is -0.134.